The third-order valence-corrected chi connectivity index (χ3v) is 7.31. The van der Waals surface area contributed by atoms with Crippen LogP contribution in [0.1, 0.15) is 58.2 Å². The average molecular weight is 446 g/mol. The summed E-state index contributed by atoms with van der Waals surface area (Å²) in [5.74, 6) is 0. The fourth-order valence-electron chi connectivity index (χ4n) is 5.66. The summed E-state index contributed by atoms with van der Waals surface area (Å²) in [7, 11) is 0. The number of rotatable bonds is 4. The number of para-hydroxylation sites is 1. The lowest BCUT2D eigenvalue weighted by Gasteiger charge is -2.40. The Kier molecular flexibility index (Phi) is 5.40. The van der Waals surface area contributed by atoms with Crippen LogP contribution in [-0.4, -0.2) is 5.54 Å². The first-order valence-corrected chi connectivity index (χ1v) is 12.5. The molecule has 4 aromatic rings. The number of hydrogen-bond donors (Lipinski definition) is 0. The Bertz CT molecular complexity index is 1340. The molecule has 0 aliphatic heterocycles. The summed E-state index contributed by atoms with van der Waals surface area (Å²) in [6.45, 7) is 14.0. The molecule has 5 rings (SSSR count). The zero-order chi connectivity index (χ0) is 24.1. The van der Waals surface area contributed by atoms with Gasteiger partial charge in [0.25, 0.3) is 0 Å². The van der Waals surface area contributed by atoms with E-state index >= 15 is 0 Å². The normalized spacial score (nSPS) is 13.9. The molecule has 1 heteroatoms. The second-order valence-corrected chi connectivity index (χ2v) is 10.9. The summed E-state index contributed by atoms with van der Waals surface area (Å²) in [6, 6.07) is 33.5. The standard InChI is InChI=1S/C33H35N/c1-7-23-21-29-27(26-18-11-13-19-28(26)33(29,5)6)22-31(23)34(32(2,3)4)30-20-14-12-17-25(30)24-15-9-8-10-16-24/h8-22H,7H2,1-6H3. The smallest absolute Gasteiger partial charge is 0.0495 e. The predicted molar refractivity (Wildman–Crippen MR) is 147 cm³/mol. The van der Waals surface area contributed by atoms with E-state index in [-0.39, 0.29) is 11.0 Å². The van der Waals surface area contributed by atoms with Crippen LogP contribution in [0.5, 0.6) is 0 Å². The number of benzene rings is 4. The van der Waals surface area contributed by atoms with Crippen LogP contribution in [0, 0.1) is 0 Å². The summed E-state index contributed by atoms with van der Waals surface area (Å²) >= 11 is 0. The molecule has 1 aliphatic carbocycles. The molecule has 172 valence electrons. The van der Waals surface area contributed by atoms with Crippen LogP contribution in [0.2, 0.25) is 0 Å². The lowest BCUT2D eigenvalue weighted by atomic mass is 9.81. The van der Waals surface area contributed by atoms with Crippen molar-refractivity contribution in [2.75, 3.05) is 4.90 Å². The predicted octanol–water partition coefficient (Wildman–Crippen LogP) is 9.16. The summed E-state index contributed by atoms with van der Waals surface area (Å²) in [5, 5.41) is 0. The first-order valence-electron chi connectivity index (χ1n) is 12.5. The number of fused-ring (bicyclic) bond motifs is 3. The van der Waals surface area contributed by atoms with E-state index in [1.807, 2.05) is 0 Å². The fraction of sp³-hybridized carbons (Fsp3) is 0.273. The van der Waals surface area contributed by atoms with Crippen LogP contribution in [-0.2, 0) is 11.8 Å². The van der Waals surface area contributed by atoms with Crippen LogP contribution in [0.15, 0.2) is 91.0 Å². The Morgan fingerprint density at radius 2 is 1.26 bits per heavy atom. The SMILES string of the molecule is CCc1cc2c(cc1N(c1ccccc1-c1ccccc1)C(C)(C)C)-c1ccccc1C2(C)C. The minimum Gasteiger partial charge on any atom is -0.335 e. The van der Waals surface area contributed by atoms with E-state index in [1.165, 1.54) is 50.3 Å². The quantitative estimate of drug-likeness (QED) is 0.303. The minimum atomic E-state index is -0.101. The fourth-order valence-corrected chi connectivity index (χ4v) is 5.66. The van der Waals surface area contributed by atoms with Gasteiger partial charge >= 0.3 is 0 Å². The van der Waals surface area contributed by atoms with Gasteiger partial charge in [0.2, 0.25) is 0 Å². The van der Waals surface area contributed by atoms with E-state index in [9.17, 15) is 0 Å². The Morgan fingerprint density at radius 1 is 0.647 bits per heavy atom. The molecular weight excluding hydrogens is 410 g/mol. The van der Waals surface area contributed by atoms with Gasteiger partial charge in [0, 0.05) is 27.9 Å². The highest BCUT2D eigenvalue weighted by Gasteiger charge is 2.37. The number of anilines is 2. The van der Waals surface area contributed by atoms with Crippen LogP contribution in [0.25, 0.3) is 22.3 Å². The van der Waals surface area contributed by atoms with Crippen LogP contribution in [0.3, 0.4) is 0 Å². The molecule has 0 aromatic heterocycles. The van der Waals surface area contributed by atoms with Crippen molar-refractivity contribution >= 4 is 11.4 Å². The van der Waals surface area contributed by atoms with E-state index < -0.39 is 0 Å². The van der Waals surface area contributed by atoms with Crippen molar-refractivity contribution in [1.29, 1.82) is 0 Å². The van der Waals surface area contributed by atoms with Gasteiger partial charge in [0.1, 0.15) is 0 Å². The molecule has 34 heavy (non-hydrogen) atoms. The maximum Gasteiger partial charge on any atom is 0.0495 e. The molecule has 0 heterocycles. The van der Waals surface area contributed by atoms with Crippen molar-refractivity contribution < 1.29 is 0 Å². The van der Waals surface area contributed by atoms with Gasteiger partial charge in [-0.2, -0.15) is 0 Å². The topological polar surface area (TPSA) is 3.24 Å². The van der Waals surface area contributed by atoms with Crippen molar-refractivity contribution in [3.8, 4) is 22.3 Å². The molecule has 0 saturated heterocycles. The molecular formula is C33H35N. The highest BCUT2D eigenvalue weighted by atomic mass is 15.2. The van der Waals surface area contributed by atoms with E-state index in [4.69, 9.17) is 0 Å². The Balaban J connectivity index is 1.78. The second-order valence-electron chi connectivity index (χ2n) is 10.9. The van der Waals surface area contributed by atoms with Crippen LogP contribution < -0.4 is 4.90 Å². The van der Waals surface area contributed by atoms with Gasteiger partial charge in [-0.1, -0.05) is 99.6 Å². The third kappa shape index (κ3) is 3.55. The van der Waals surface area contributed by atoms with Crippen molar-refractivity contribution in [3.05, 3.63) is 108 Å². The highest BCUT2D eigenvalue weighted by molar-refractivity contribution is 5.89. The van der Waals surface area contributed by atoms with Crippen LogP contribution in [0.4, 0.5) is 11.4 Å². The zero-order valence-electron chi connectivity index (χ0n) is 21.3. The third-order valence-electron chi connectivity index (χ3n) is 7.31. The largest absolute Gasteiger partial charge is 0.335 e. The lowest BCUT2D eigenvalue weighted by Crippen LogP contribution is -2.38. The lowest BCUT2D eigenvalue weighted by molar-refractivity contribution is 0.559. The van der Waals surface area contributed by atoms with E-state index in [0.717, 1.165) is 6.42 Å². The zero-order valence-corrected chi connectivity index (χ0v) is 21.3. The summed E-state index contributed by atoms with van der Waals surface area (Å²) in [4.78, 5) is 2.56. The molecule has 0 fully saturated rings. The van der Waals surface area contributed by atoms with Crippen LogP contribution >= 0.6 is 0 Å². The molecule has 4 aromatic carbocycles. The second kappa shape index (κ2) is 8.17. The number of aryl methyl sites for hydroxylation is 1. The Labute approximate surface area is 205 Å². The van der Waals surface area contributed by atoms with Gasteiger partial charge in [0.05, 0.1) is 0 Å². The monoisotopic (exact) mass is 445 g/mol. The van der Waals surface area contributed by atoms with E-state index in [1.54, 1.807) is 0 Å². The molecule has 1 aliphatic rings. The van der Waals surface area contributed by atoms with Gasteiger partial charge in [-0.3, -0.25) is 0 Å². The molecule has 0 spiro atoms. The number of nitrogens with zero attached hydrogens (tertiary/aromatic N) is 1. The first kappa shape index (κ1) is 22.5. The summed E-state index contributed by atoms with van der Waals surface area (Å²) < 4.78 is 0. The molecule has 0 saturated carbocycles. The van der Waals surface area contributed by atoms with E-state index in [0.29, 0.717) is 0 Å². The van der Waals surface area contributed by atoms with E-state index in [2.05, 4.69) is 137 Å². The van der Waals surface area contributed by atoms with Gasteiger partial charge in [0.15, 0.2) is 0 Å². The molecule has 1 nitrogen and oxygen atoms in total. The highest BCUT2D eigenvalue weighted by Crippen LogP contribution is 2.52. The van der Waals surface area contributed by atoms with Gasteiger partial charge in [-0.05, 0) is 72.7 Å². The Hall–Kier alpha value is -3.32. The maximum absolute atomic E-state index is 2.56. The first-order chi connectivity index (χ1) is 16.2. The van der Waals surface area contributed by atoms with Gasteiger partial charge in [-0.15, -0.1) is 0 Å². The molecule has 0 amide bonds. The van der Waals surface area contributed by atoms with Crippen molar-refractivity contribution in [3.63, 3.8) is 0 Å². The van der Waals surface area contributed by atoms with Crippen molar-refractivity contribution in [2.45, 2.75) is 58.9 Å². The number of hydrogen-bond acceptors (Lipinski definition) is 1. The van der Waals surface area contributed by atoms with Crippen molar-refractivity contribution in [1.82, 2.24) is 0 Å². The summed E-state index contributed by atoms with van der Waals surface area (Å²) in [5.41, 5.74) is 12.0. The van der Waals surface area contributed by atoms with Gasteiger partial charge in [-0.25, -0.2) is 0 Å². The van der Waals surface area contributed by atoms with Crippen molar-refractivity contribution in [2.24, 2.45) is 0 Å². The average Bonchev–Trinajstić information content (AvgIpc) is 3.05. The summed E-state index contributed by atoms with van der Waals surface area (Å²) in [6.07, 6.45) is 0.995. The molecule has 0 radical (unpaired) electrons. The Morgan fingerprint density at radius 3 is 1.94 bits per heavy atom. The van der Waals surface area contributed by atoms with Gasteiger partial charge < -0.3 is 4.90 Å². The molecule has 0 bridgehead atoms. The maximum atomic E-state index is 2.56. The molecule has 0 unspecified atom stereocenters. The molecule has 0 atom stereocenters. The molecule has 0 N–H and O–H groups in total. The minimum absolute atomic E-state index is 0.0168.